The SMILES string of the molecule is CCCCCC(OOC(CCCCC)(C(C)(C)CC)C(C)(C)CC)(C(C)(C)CC)C(C)(C)CC. The number of unbranched alkanes of at least 4 members (excludes halogenated alkanes) is 4. The van der Waals surface area contributed by atoms with Crippen LogP contribution in [-0.2, 0) is 9.78 Å². The molecule has 0 heterocycles. The van der Waals surface area contributed by atoms with Crippen molar-refractivity contribution in [1.29, 1.82) is 0 Å². The molecule has 0 aliphatic heterocycles. The van der Waals surface area contributed by atoms with Crippen LogP contribution in [0, 0.1) is 21.7 Å². The number of hydrogen-bond donors (Lipinski definition) is 0. The summed E-state index contributed by atoms with van der Waals surface area (Å²) in [5.41, 5.74) is -0.681. The molecule has 0 amide bonds. The molecule has 206 valence electrons. The highest BCUT2D eigenvalue weighted by molar-refractivity contribution is 5.06. The minimum absolute atomic E-state index is 0.00211. The monoisotopic (exact) mass is 483 g/mol. The zero-order valence-electron chi connectivity index (χ0n) is 26.3. The lowest BCUT2D eigenvalue weighted by atomic mass is 9.56. The van der Waals surface area contributed by atoms with E-state index in [0.29, 0.717) is 0 Å². The van der Waals surface area contributed by atoms with E-state index in [4.69, 9.17) is 9.78 Å². The van der Waals surface area contributed by atoms with Crippen LogP contribution in [0.4, 0.5) is 0 Å². The Hall–Kier alpha value is -0.0800. The molecule has 0 saturated heterocycles. The Balaban J connectivity index is 6.85. The summed E-state index contributed by atoms with van der Waals surface area (Å²) in [5.74, 6) is 0. The smallest absolute Gasteiger partial charge is 0.114 e. The number of hydrogen-bond acceptors (Lipinski definition) is 2. The quantitative estimate of drug-likeness (QED) is 0.103. The van der Waals surface area contributed by atoms with Gasteiger partial charge in [-0.25, -0.2) is 9.78 Å². The van der Waals surface area contributed by atoms with Crippen LogP contribution in [-0.4, -0.2) is 11.2 Å². The molecule has 2 nitrogen and oxygen atoms in total. The Labute approximate surface area is 216 Å². The third kappa shape index (κ3) is 6.81. The Morgan fingerprint density at radius 3 is 0.794 bits per heavy atom. The fourth-order valence-electron chi connectivity index (χ4n) is 6.25. The van der Waals surface area contributed by atoms with Crippen LogP contribution >= 0.6 is 0 Å². The highest BCUT2D eigenvalue weighted by atomic mass is 17.2. The van der Waals surface area contributed by atoms with E-state index in [0.717, 1.165) is 38.5 Å². The molecule has 34 heavy (non-hydrogen) atoms. The summed E-state index contributed by atoms with van der Waals surface area (Å²) in [6.45, 7) is 33.2. The lowest BCUT2D eigenvalue weighted by Crippen LogP contribution is -2.62. The van der Waals surface area contributed by atoms with Crippen LogP contribution in [0.2, 0.25) is 0 Å². The van der Waals surface area contributed by atoms with Crippen molar-refractivity contribution in [1.82, 2.24) is 0 Å². The summed E-state index contributed by atoms with van der Waals surface area (Å²) in [6.07, 6.45) is 13.7. The fraction of sp³-hybridized carbons (Fsp3) is 1.00. The van der Waals surface area contributed by atoms with Gasteiger partial charge in [-0.2, -0.15) is 0 Å². The van der Waals surface area contributed by atoms with Gasteiger partial charge < -0.3 is 0 Å². The van der Waals surface area contributed by atoms with Gasteiger partial charge in [0.1, 0.15) is 11.2 Å². The van der Waals surface area contributed by atoms with E-state index in [1.54, 1.807) is 0 Å². The minimum atomic E-state index is -0.345. The molecule has 0 atom stereocenters. The van der Waals surface area contributed by atoms with E-state index < -0.39 is 0 Å². The first kappa shape index (κ1) is 33.9. The van der Waals surface area contributed by atoms with Gasteiger partial charge in [0, 0.05) is 0 Å². The van der Waals surface area contributed by atoms with Gasteiger partial charge in [0.05, 0.1) is 0 Å². The third-order valence-corrected chi connectivity index (χ3v) is 10.5. The summed E-state index contributed by atoms with van der Waals surface area (Å²) in [5, 5.41) is 0. The highest BCUT2D eigenvalue weighted by Gasteiger charge is 2.60. The average molecular weight is 483 g/mol. The molecular weight excluding hydrogens is 416 g/mol. The van der Waals surface area contributed by atoms with Gasteiger partial charge in [0.25, 0.3) is 0 Å². The van der Waals surface area contributed by atoms with E-state index in [2.05, 4.69) is 96.9 Å². The molecular formula is C32H66O2. The van der Waals surface area contributed by atoms with Crippen molar-refractivity contribution < 1.29 is 9.78 Å². The van der Waals surface area contributed by atoms with Crippen LogP contribution in [0.1, 0.15) is 174 Å². The lowest BCUT2D eigenvalue weighted by molar-refractivity contribution is -0.482. The van der Waals surface area contributed by atoms with Crippen molar-refractivity contribution in [3.63, 3.8) is 0 Å². The van der Waals surface area contributed by atoms with Gasteiger partial charge in [0.2, 0.25) is 0 Å². The minimum Gasteiger partial charge on any atom is -0.228 e. The summed E-state index contributed by atoms with van der Waals surface area (Å²) in [6, 6.07) is 0. The van der Waals surface area contributed by atoms with Crippen molar-refractivity contribution in [3.05, 3.63) is 0 Å². The molecule has 0 radical (unpaired) electrons. The largest absolute Gasteiger partial charge is 0.228 e. The Morgan fingerprint density at radius 1 is 0.382 bits per heavy atom. The van der Waals surface area contributed by atoms with Crippen LogP contribution in [0.5, 0.6) is 0 Å². The Bertz CT molecular complexity index is 473. The van der Waals surface area contributed by atoms with E-state index in [-0.39, 0.29) is 32.9 Å². The summed E-state index contributed by atoms with van der Waals surface area (Å²) < 4.78 is 0. The van der Waals surface area contributed by atoms with E-state index >= 15 is 0 Å². The van der Waals surface area contributed by atoms with Crippen molar-refractivity contribution in [2.24, 2.45) is 21.7 Å². The predicted molar refractivity (Wildman–Crippen MR) is 152 cm³/mol. The molecule has 0 aromatic rings. The first-order valence-corrected chi connectivity index (χ1v) is 14.9. The standard InChI is InChI=1S/C32H66O2/c1-15-21-23-25-31(27(7,8)17-3,28(9,10)18-4)33-34-32(26-24-22-16-2,29(11,12)19-5)30(13,14)20-6/h15-26H2,1-14H3. The first-order valence-electron chi connectivity index (χ1n) is 14.9. The van der Waals surface area contributed by atoms with E-state index in [9.17, 15) is 0 Å². The van der Waals surface area contributed by atoms with E-state index in [1.807, 2.05) is 0 Å². The summed E-state index contributed by atoms with van der Waals surface area (Å²) >= 11 is 0. The number of rotatable bonds is 19. The Kier molecular flexibility index (Phi) is 13.4. The predicted octanol–water partition coefficient (Wildman–Crippen LogP) is 11.3. The van der Waals surface area contributed by atoms with Gasteiger partial charge in [-0.1, -0.05) is 135 Å². The molecule has 0 aromatic carbocycles. The van der Waals surface area contributed by atoms with Gasteiger partial charge in [-0.3, -0.25) is 0 Å². The van der Waals surface area contributed by atoms with Gasteiger partial charge in [-0.05, 0) is 60.2 Å². The van der Waals surface area contributed by atoms with Gasteiger partial charge >= 0.3 is 0 Å². The van der Waals surface area contributed by atoms with Crippen LogP contribution in [0.25, 0.3) is 0 Å². The van der Waals surface area contributed by atoms with Crippen LogP contribution < -0.4 is 0 Å². The lowest BCUT2D eigenvalue weighted by Gasteiger charge is -2.59. The maximum Gasteiger partial charge on any atom is 0.114 e. The van der Waals surface area contributed by atoms with Gasteiger partial charge in [0.15, 0.2) is 0 Å². The van der Waals surface area contributed by atoms with Gasteiger partial charge in [-0.15, -0.1) is 0 Å². The molecule has 0 bridgehead atoms. The second-order valence-electron chi connectivity index (χ2n) is 13.7. The summed E-state index contributed by atoms with van der Waals surface area (Å²) in [4.78, 5) is 14.3. The molecule has 0 aliphatic rings. The average Bonchev–Trinajstić information content (AvgIpc) is 2.79. The van der Waals surface area contributed by atoms with Crippen molar-refractivity contribution >= 4 is 0 Å². The second kappa shape index (κ2) is 13.5. The zero-order valence-corrected chi connectivity index (χ0v) is 26.3. The fourth-order valence-corrected chi connectivity index (χ4v) is 6.25. The molecule has 0 spiro atoms. The molecule has 0 aliphatic carbocycles. The molecule has 0 fully saturated rings. The summed E-state index contributed by atoms with van der Waals surface area (Å²) in [7, 11) is 0. The molecule has 2 heteroatoms. The second-order valence-corrected chi connectivity index (χ2v) is 13.7. The highest BCUT2D eigenvalue weighted by Crippen LogP contribution is 2.58. The van der Waals surface area contributed by atoms with Crippen molar-refractivity contribution in [2.45, 2.75) is 185 Å². The van der Waals surface area contributed by atoms with Crippen molar-refractivity contribution in [2.75, 3.05) is 0 Å². The normalized spacial score (nSPS) is 14.6. The maximum absolute atomic E-state index is 7.16. The molecule has 0 unspecified atom stereocenters. The van der Waals surface area contributed by atoms with Crippen LogP contribution in [0.3, 0.4) is 0 Å². The molecule has 0 saturated carbocycles. The zero-order chi connectivity index (χ0) is 26.9. The molecule has 0 rings (SSSR count). The van der Waals surface area contributed by atoms with Crippen molar-refractivity contribution in [3.8, 4) is 0 Å². The molecule has 0 N–H and O–H groups in total. The van der Waals surface area contributed by atoms with E-state index in [1.165, 1.54) is 38.5 Å². The van der Waals surface area contributed by atoms with Crippen LogP contribution in [0.15, 0.2) is 0 Å². The third-order valence-electron chi connectivity index (χ3n) is 10.5. The molecule has 0 aromatic heterocycles. The Morgan fingerprint density at radius 2 is 0.618 bits per heavy atom. The maximum atomic E-state index is 7.16. The first-order chi connectivity index (χ1) is 15.6. The topological polar surface area (TPSA) is 18.5 Å².